The Bertz CT molecular complexity index is 123. The highest BCUT2D eigenvalue weighted by Crippen LogP contribution is 2.30. The average Bonchev–Trinajstić information content (AvgIpc) is 2.15. The minimum atomic E-state index is 0.267. The topological polar surface area (TPSA) is 17.1 Å². The fourth-order valence-corrected chi connectivity index (χ4v) is 2.06. The second-order valence-corrected chi connectivity index (χ2v) is 3.98. The SMILES string of the molecule is CCCC[C@H]1CC[C@H]([C]=O)CC1. The smallest absolute Gasteiger partial charge is 0.201 e. The summed E-state index contributed by atoms with van der Waals surface area (Å²) in [6.45, 7) is 2.24. The predicted octanol–water partition coefficient (Wildman–Crippen LogP) is 3.09. The molecule has 0 aromatic carbocycles. The summed E-state index contributed by atoms with van der Waals surface area (Å²) in [4.78, 5) is 10.4. The first-order valence-corrected chi connectivity index (χ1v) is 5.24. The molecule has 0 unspecified atom stereocenters. The van der Waals surface area contributed by atoms with Crippen molar-refractivity contribution in [2.24, 2.45) is 11.8 Å². The molecule has 1 aliphatic carbocycles. The van der Waals surface area contributed by atoms with Gasteiger partial charge in [0.25, 0.3) is 0 Å². The largest absolute Gasteiger partial charge is 0.291 e. The molecule has 1 saturated carbocycles. The molecule has 1 fully saturated rings. The number of unbranched alkanes of at least 4 members (excludes halogenated alkanes) is 1. The molecule has 0 atom stereocenters. The molecule has 1 heteroatoms. The zero-order valence-electron chi connectivity index (χ0n) is 8.01. The first-order valence-electron chi connectivity index (χ1n) is 5.24. The number of rotatable bonds is 4. The molecule has 0 bridgehead atoms. The molecular formula is C11H19O. The Morgan fingerprint density at radius 1 is 1.25 bits per heavy atom. The van der Waals surface area contributed by atoms with Crippen LogP contribution in [0.25, 0.3) is 0 Å². The van der Waals surface area contributed by atoms with Crippen LogP contribution >= 0.6 is 0 Å². The van der Waals surface area contributed by atoms with E-state index in [1.807, 2.05) is 0 Å². The third-order valence-electron chi connectivity index (χ3n) is 2.98. The summed E-state index contributed by atoms with van der Waals surface area (Å²) in [7, 11) is 0. The van der Waals surface area contributed by atoms with Crippen LogP contribution in [-0.2, 0) is 4.79 Å². The second-order valence-electron chi connectivity index (χ2n) is 3.98. The van der Waals surface area contributed by atoms with E-state index >= 15 is 0 Å². The molecule has 0 N–H and O–H groups in total. The maximum atomic E-state index is 10.4. The van der Waals surface area contributed by atoms with Gasteiger partial charge in [-0.1, -0.05) is 26.2 Å². The molecular weight excluding hydrogens is 148 g/mol. The van der Waals surface area contributed by atoms with Crippen LogP contribution in [0.3, 0.4) is 0 Å². The number of hydrogen-bond acceptors (Lipinski definition) is 1. The maximum Gasteiger partial charge on any atom is 0.201 e. The molecule has 12 heavy (non-hydrogen) atoms. The molecule has 0 aromatic heterocycles. The van der Waals surface area contributed by atoms with Gasteiger partial charge in [-0.2, -0.15) is 0 Å². The Morgan fingerprint density at radius 2 is 1.92 bits per heavy atom. The van der Waals surface area contributed by atoms with E-state index in [9.17, 15) is 4.79 Å². The predicted molar refractivity (Wildman–Crippen MR) is 50.7 cm³/mol. The first-order chi connectivity index (χ1) is 5.86. The van der Waals surface area contributed by atoms with E-state index in [0.29, 0.717) is 0 Å². The zero-order chi connectivity index (χ0) is 8.81. The fraction of sp³-hybridized carbons (Fsp3) is 0.909. The van der Waals surface area contributed by atoms with Gasteiger partial charge in [0, 0.05) is 5.92 Å². The summed E-state index contributed by atoms with van der Waals surface area (Å²) < 4.78 is 0. The Hall–Kier alpha value is -0.330. The van der Waals surface area contributed by atoms with Crippen molar-refractivity contribution in [1.29, 1.82) is 0 Å². The Kier molecular flexibility index (Phi) is 4.34. The van der Waals surface area contributed by atoms with Gasteiger partial charge in [-0.25, -0.2) is 0 Å². The van der Waals surface area contributed by atoms with Crippen LogP contribution in [0.15, 0.2) is 0 Å². The number of carbonyl (C=O) groups excluding carboxylic acids is 1. The molecule has 0 heterocycles. The molecule has 1 nitrogen and oxygen atoms in total. The maximum absolute atomic E-state index is 10.4. The van der Waals surface area contributed by atoms with E-state index in [1.54, 1.807) is 0 Å². The van der Waals surface area contributed by atoms with Crippen molar-refractivity contribution in [1.82, 2.24) is 0 Å². The van der Waals surface area contributed by atoms with Gasteiger partial charge in [0.15, 0.2) is 0 Å². The zero-order valence-corrected chi connectivity index (χ0v) is 8.01. The standard InChI is InChI=1S/C11H19O/c1-2-3-4-10-5-7-11(9-12)8-6-10/h10-11H,2-8H2,1H3/t10-,11-. The van der Waals surface area contributed by atoms with Gasteiger partial charge >= 0.3 is 0 Å². The monoisotopic (exact) mass is 167 g/mol. The summed E-state index contributed by atoms with van der Waals surface area (Å²) in [5, 5.41) is 0. The Labute approximate surface area is 75.5 Å². The summed E-state index contributed by atoms with van der Waals surface area (Å²) in [6.07, 6.45) is 10.9. The summed E-state index contributed by atoms with van der Waals surface area (Å²) in [5.74, 6) is 1.18. The summed E-state index contributed by atoms with van der Waals surface area (Å²) >= 11 is 0. The first kappa shape index (κ1) is 9.76. The van der Waals surface area contributed by atoms with Crippen LogP contribution in [0.4, 0.5) is 0 Å². The highest BCUT2D eigenvalue weighted by atomic mass is 16.1. The van der Waals surface area contributed by atoms with Gasteiger partial charge in [0.1, 0.15) is 0 Å². The van der Waals surface area contributed by atoms with Crippen LogP contribution < -0.4 is 0 Å². The minimum absolute atomic E-state index is 0.267. The van der Waals surface area contributed by atoms with E-state index in [0.717, 1.165) is 18.8 Å². The van der Waals surface area contributed by atoms with Crippen molar-refractivity contribution >= 4 is 6.29 Å². The summed E-state index contributed by atoms with van der Waals surface area (Å²) in [5.41, 5.74) is 0. The van der Waals surface area contributed by atoms with Crippen molar-refractivity contribution in [2.45, 2.75) is 51.9 Å². The lowest BCUT2D eigenvalue weighted by atomic mass is 9.80. The lowest BCUT2D eigenvalue weighted by molar-refractivity contribution is 0.295. The third-order valence-corrected chi connectivity index (χ3v) is 2.98. The molecule has 69 valence electrons. The van der Waals surface area contributed by atoms with E-state index in [1.165, 1.54) is 32.1 Å². The molecule has 0 saturated heterocycles. The van der Waals surface area contributed by atoms with Crippen LogP contribution in [0.1, 0.15) is 51.9 Å². The lowest BCUT2D eigenvalue weighted by Crippen LogP contribution is -2.15. The third kappa shape index (κ3) is 2.96. The van der Waals surface area contributed by atoms with Gasteiger partial charge < -0.3 is 0 Å². The quantitative estimate of drug-likeness (QED) is 0.628. The van der Waals surface area contributed by atoms with Gasteiger partial charge in [-0.15, -0.1) is 0 Å². The van der Waals surface area contributed by atoms with Gasteiger partial charge in [-0.05, 0) is 31.6 Å². The second kappa shape index (κ2) is 5.34. The van der Waals surface area contributed by atoms with E-state index in [4.69, 9.17) is 0 Å². The van der Waals surface area contributed by atoms with Crippen molar-refractivity contribution in [3.63, 3.8) is 0 Å². The van der Waals surface area contributed by atoms with Crippen LogP contribution in [-0.4, -0.2) is 6.29 Å². The van der Waals surface area contributed by atoms with Crippen LogP contribution in [0, 0.1) is 11.8 Å². The van der Waals surface area contributed by atoms with Crippen molar-refractivity contribution in [3.8, 4) is 0 Å². The molecule has 1 aliphatic rings. The molecule has 0 spiro atoms. The molecule has 0 amide bonds. The molecule has 1 radical (unpaired) electrons. The molecule has 0 aromatic rings. The van der Waals surface area contributed by atoms with E-state index in [-0.39, 0.29) is 5.92 Å². The van der Waals surface area contributed by atoms with Crippen molar-refractivity contribution < 1.29 is 4.79 Å². The van der Waals surface area contributed by atoms with Gasteiger partial charge in [0.05, 0.1) is 0 Å². The fourth-order valence-electron chi connectivity index (χ4n) is 2.06. The van der Waals surface area contributed by atoms with Crippen molar-refractivity contribution in [2.75, 3.05) is 0 Å². The lowest BCUT2D eigenvalue weighted by Gasteiger charge is -2.24. The van der Waals surface area contributed by atoms with Crippen molar-refractivity contribution in [3.05, 3.63) is 0 Å². The average molecular weight is 167 g/mol. The summed E-state index contributed by atoms with van der Waals surface area (Å²) in [6, 6.07) is 0. The van der Waals surface area contributed by atoms with Crippen LogP contribution in [0.5, 0.6) is 0 Å². The van der Waals surface area contributed by atoms with Gasteiger partial charge in [-0.3, -0.25) is 4.79 Å². The minimum Gasteiger partial charge on any atom is -0.291 e. The molecule has 1 rings (SSSR count). The van der Waals surface area contributed by atoms with Crippen LogP contribution in [0.2, 0.25) is 0 Å². The Morgan fingerprint density at radius 3 is 2.42 bits per heavy atom. The Balaban J connectivity index is 2.12. The normalized spacial score (nSPS) is 30.1. The van der Waals surface area contributed by atoms with E-state index < -0.39 is 0 Å². The van der Waals surface area contributed by atoms with E-state index in [2.05, 4.69) is 13.2 Å². The van der Waals surface area contributed by atoms with Gasteiger partial charge in [0.2, 0.25) is 6.29 Å². The highest BCUT2D eigenvalue weighted by Gasteiger charge is 2.20. The highest BCUT2D eigenvalue weighted by molar-refractivity contribution is 5.54. The molecule has 0 aliphatic heterocycles. The number of hydrogen-bond donors (Lipinski definition) is 0.